The van der Waals surface area contributed by atoms with Gasteiger partial charge in [-0.2, -0.15) is 5.10 Å². The number of nitrogens with zero attached hydrogens (tertiary/aromatic N) is 2. The van der Waals surface area contributed by atoms with E-state index in [1.165, 1.54) is 0 Å². The third-order valence-electron chi connectivity index (χ3n) is 5.14. The molecular weight excluding hydrogens is 453 g/mol. The SMILES string of the molecule is COc1cc(CNC(=O)Cc2c(C)nn(-c3ccc(Cl)c(Cl)c3)c2C)cc(OC)c1OC. The molecule has 2 aromatic carbocycles. The molecule has 1 N–H and O–H groups in total. The van der Waals surface area contributed by atoms with Gasteiger partial charge in [0.15, 0.2) is 11.5 Å². The minimum atomic E-state index is -0.126. The lowest BCUT2D eigenvalue weighted by Crippen LogP contribution is -2.25. The molecule has 1 aromatic heterocycles. The number of methoxy groups -OCH3 is 3. The van der Waals surface area contributed by atoms with Crippen molar-refractivity contribution in [2.24, 2.45) is 0 Å². The molecule has 7 nitrogen and oxygen atoms in total. The summed E-state index contributed by atoms with van der Waals surface area (Å²) in [5.74, 6) is 1.45. The molecule has 0 spiro atoms. The summed E-state index contributed by atoms with van der Waals surface area (Å²) in [6, 6.07) is 8.92. The zero-order valence-electron chi connectivity index (χ0n) is 18.6. The van der Waals surface area contributed by atoms with E-state index in [1.54, 1.807) is 50.3 Å². The highest BCUT2D eigenvalue weighted by Gasteiger charge is 2.18. The zero-order valence-corrected chi connectivity index (χ0v) is 20.1. The monoisotopic (exact) mass is 477 g/mol. The first-order valence-corrected chi connectivity index (χ1v) is 10.6. The van der Waals surface area contributed by atoms with Crippen molar-refractivity contribution in [1.29, 1.82) is 0 Å². The summed E-state index contributed by atoms with van der Waals surface area (Å²) in [5.41, 5.74) is 4.11. The van der Waals surface area contributed by atoms with Crippen molar-refractivity contribution >= 4 is 29.1 Å². The van der Waals surface area contributed by atoms with E-state index < -0.39 is 0 Å². The number of aromatic nitrogens is 2. The number of amides is 1. The molecule has 0 saturated heterocycles. The standard InChI is InChI=1S/C23H25Cl2N3O4/c1-13-17(14(2)28(27-13)16-6-7-18(24)19(25)10-16)11-22(29)26-12-15-8-20(30-3)23(32-5)21(9-15)31-4/h6-10H,11-12H2,1-5H3,(H,26,29). The second kappa shape index (κ2) is 10.1. The fourth-order valence-corrected chi connectivity index (χ4v) is 3.75. The van der Waals surface area contributed by atoms with Gasteiger partial charge in [-0.25, -0.2) is 4.68 Å². The van der Waals surface area contributed by atoms with Crippen molar-refractivity contribution in [3.05, 3.63) is 62.9 Å². The van der Waals surface area contributed by atoms with Gasteiger partial charge in [0.05, 0.1) is 49.2 Å². The van der Waals surface area contributed by atoms with Crippen molar-refractivity contribution in [3.63, 3.8) is 0 Å². The van der Waals surface area contributed by atoms with Gasteiger partial charge >= 0.3 is 0 Å². The molecule has 0 unspecified atom stereocenters. The number of nitrogens with one attached hydrogen (secondary N) is 1. The number of rotatable bonds is 8. The summed E-state index contributed by atoms with van der Waals surface area (Å²) in [6.07, 6.45) is 0.198. The highest BCUT2D eigenvalue weighted by Crippen LogP contribution is 2.38. The Labute approximate surface area is 197 Å². The Morgan fingerprint density at radius 2 is 1.66 bits per heavy atom. The van der Waals surface area contributed by atoms with E-state index in [4.69, 9.17) is 37.4 Å². The number of hydrogen-bond acceptors (Lipinski definition) is 5. The Bertz CT molecular complexity index is 1120. The van der Waals surface area contributed by atoms with Gasteiger partial charge in [0.1, 0.15) is 0 Å². The predicted octanol–water partition coefficient (Wildman–Crippen LogP) is 4.68. The molecule has 1 amide bonds. The van der Waals surface area contributed by atoms with Crippen LogP contribution in [0.25, 0.3) is 5.69 Å². The minimum absolute atomic E-state index is 0.126. The summed E-state index contributed by atoms with van der Waals surface area (Å²) < 4.78 is 17.8. The fraction of sp³-hybridized carbons (Fsp3) is 0.304. The lowest BCUT2D eigenvalue weighted by atomic mass is 10.1. The van der Waals surface area contributed by atoms with Crippen LogP contribution in [-0.2, 0) is 17.8 Å². The lowest BCUT2D eigenvalue weighted by molar-refractivity contribution is -0.120. The van der Waals surface area contributed by atoms with E-state index in [1.807, 2.05) is 19.9 Å². The minimum Gasteiger partial charge on any atom is -0.493 e. The van der Waals surface area contributed by atoms with Gasteiger partial charge in [-0.1, -0.05) is 23.2 Å². The Morgan fingerprint density at radius 1 is 1.00 bits per heavy atom. The fourth-order valence-electron chi connectivity index (χ4n) is 3.46. The van der Waals surface area contributed by atoms with Gasteiger partial charge < -0.3 is 19.5 Å². The topological polar surface area (TPSA) is 74.6 Å². The van der Waals surface area contributed by atoms with Crippen molar-refractivity contribution in [3.8, 4) is 22.9 Å². The molecule has 0 atom stereocenters. The first-order valence-electron chi connectivity index (χ1n) is 9.85. The Kier molecular flexibility index (Phi) is 7.53. The van der Waals surface area contributed by atoms with E-state index in [0.29, 0.717) is 33.8 Å². The molecule has 32 heavy (non-hydrogen) atoms. The van der Waals surface area contributed by atoms with Crippen LogP contribution in [0.15, 0.2) is 30.3 Å². The maximum absolute atomic E-state index is 12.7. The molecule has 3 aromatic rings. The molecule has 0 fully saturated rings. The van der Waals surface area contributed by atoms with Crippen LogP contribution in [-0.4, -0.2) is 37.0 Å². The summed E-state index contributed by atoms with van der Waals surface area (Å²) in [7, 11) is 4.65. The maximum atomic E-state index is 12.7. The van der Waals surface area contributed by atoms with Crippen molar-refractivity contribution in [2.45, 2.75) is 26.8 Å². The summed E-state index contributed by atoms with van der Waals surface area (Å²) >= 11 is 12.2. The average Bonchev–Trinajstić information content (AvgIpc) is 3.06. The van der Waals surface area contributed by atoms with E-state index >= 15 is 0 Å². The van der Waals surface area contributed by atoms with Crippen LogP contribution in [0.2, 0.25) is 10.0 Å². The lowest BCUT2D eigenvalue weighted by Gasteiger charge is -2.14. The Morgan fingerprint density at radius 3 is 2.22 bits per heavy atom. The van der Waals surface area contributed by atoms with Crippen LogP contribution in [0.1, 0.15) is 22.5 Å². The number of benzene rings is 2. The van der Waals surface area contributed by atoms with E-state index in [2.05, 4.69) is 10.4 Å². The number of carbonyl (C=O) groups excluding carboxylic acids is 1. The van der Waals surface area contributed by atoms with Gasteiger partial charge in [0, 0.05) is 17.8 Å². The summed E-state index contributed by atoms with van der Waals surface area (Å²) in [5, 5.41) is 8.44. The maximum Gasteiger partial charge on any atom is 0.224 e. The van der Waals surface area contributed by atoms with Crippen molar-refractivity contribution < 1.29 is 19.0 Å². The number of halogens is 2. The molecule has 0 saturated carbocycles. The smallest absolute Gasteiger partial charge is 0.224 e. The zero-order chi connectivity index (χ0) is 23.4. The second-order valence-corrected chi connectivity index (χ2v) is 7.96. The van der Waals surface area contributed by atoms with Crippen LogP contribution in [0.3, 0.4) is 0 Å². The molecular formula is C23H25Cl2N3O4. The van der Waals surface area contributed by atoms with Crippen LogP contribution in [0, 0.1) is 13.8 Å². The van der Waals surface area contributed by atoms with Gasteiger partial charge in [-0.15, -0.1) is 0 Å². The molecule has 0 aliphatic rings. The summed E-state index contributed by atoms with van der Waals surface area (Å²) in [6.45, 7) is 4.11. The molecule has 1 heterocycles. The molecule has 0 bridgehead atoms. The van der Waals surface area contributed by atoms with E-state index in [-0.39, 0.29) is 12.3 Å². The average molecular weight is 478 g/mol. The van der Waals surface area contributed by atoms with Crippen LogP contribution < -0.4 is 19.5 Å². The molecule has 0 aliphatic heterocycles. The van der Waals surface area contributed by atoms with E-state index in [0.717, 1.165) is 28.2 Å². The third kappa shape index (κ3) is 4.95. The Balaban J connectivity index is 1.75. The number of carbonyl (C=O) groups is 1. The van der Waals surface area contributed by atoms with Gasteiger partial charge in [-0.05, 0) is 49.7 Å². The highest BCUT2D eigenvalue weighted by atomic mass is 35.5. The molecule has 0 radical (unpaired) electrons. The molecule has 9 heteroatoms. The third-order valence-corrected chi connectivity index (χ3v) is 5.88. The normalized spacial score (nSPS) is 10.7. The van der Waals surface area contributed by atoms with Crippen molar-refractivity contribution in [1.82, 2.24) is 15.1 Å². The van der Waals surface area contributed by atoms with Gasteiger partial charge in [-0.3, -0.25) is 4.79 Å². The predicted molar refractivity (Wildman–Crippen MR) is 125 cm³/mol. The molecule has 3 rings (SSSR count). The van der Waals surface area contributed by atoms with Crippen molar-refractivity contribution in [2.75, 3.05) is 21.3 Å². The first-order chi connectivity index (χ1) is 15.3. The molecule has 0 aliphatic carbocycles. The number of ether oxygens (including phenoxy) is 3. The largest absolute Gasteiger partial charge is 0.493 e. The second-order valence-electron chi connectivity index (χ2n) is 7.15. The van der Waals surface area contributed by atoms with Gasteiger partial charge in [0.25, 0.3) is 0 Å². The Hall–Kier alpha value is -2.90. The number of hydrogen-bond donors (Lipinski definition) is 1. The first kappa shape index (κ1) is 23.8. The van der Waals surface area contributed by atoms with Crippen LogP contribution in [0.5, 0.6) is 17.2 Å². The molecule has 170 valence electrons. The van der Waals surface area contributed by atoms with Crippen LogP contribution >= 0.6 is 23.2 Å². The summed E-state index contributed by atoms with van der Waals surface area (Å²) in [4.78, 5) is 12.7. The van der Waals surface area contributed by atoms with Gasteiger partial charge in [0.2, 0.25) is 11.7 Å². The highest BCUT2D eigenvalue weighted by molar-refractivity contribution is 6.42. The van der Waals surface area contributed by atoms with Crippen LogP contribution in [0.4, 0.5) is 0 Å². The quantitative estimate of drug-likeness (QED) is 0.509. The van der Waals surface area contributed by atoms with E-state index in [9.17, 15) is 4.79 Å². The number of aryl methyl sites for hydroxylation is 1.